The van der Waals surface area contributed by atoms with Crippen molar-refractivity contribution in [3.05, 3.63) is 46.0 Å². The molecule has 1 fully saturated rings. The molecule has 1 aliphatic heterocycles. The Morgan fingerprint density at radius 1 is 0.612 bits per heavy atom. The molecule has 0 spiro atoms. The van der Waals surface area contributed by atoms with Crippen molar-refractivity contribution < 1.29 is 56.9 Å². The number of nitro groups is 1. The number of rotatable bonds is 20. The first-order valence-electron chi connectivity index (χ1n) is 23.0. The molecule has 0 bridgehead atoms. The van der Waals surface area contributed by atoms with Crippen LogP contribution in [0.5, 0.6) is 11.5 Å². The predicted octanol–water partition coefficient (Wildman–Crippen LogP) is 9.15. The summed E-state index contributed by atoms with van der Waals surface area (Å²) in [5.41, 5.74) is -1.88. The van der Waals surface area contributed by atoms with Gasteiger partial charge < -0.3 is 47.5 Å². The quantitative estimate of drug-likeness (QED) is 0.0305. The van der Waals surface area contributed by atoms with E-state index in [1.807, 2.05) is 25.2 Å². The molecule has 0 unspecified atom stereocenters. The van der Waals surface area contributed by atoms with Crippen molar-refractivity contribution in [3.8, 4) is 11.5 Å². The fourth-order valence-electron chi connectivity index (χ4n) is 6.65. The molecule has 1 aliphatic rings. The van der Waals surface area contributed by atoms with Crippen LogP contribution in [0.2, 0.25) is 18.1 Å². The maximum atomic E-state index is 13.5. The third-order valence-electron chi connectivity index (χ3n) is 10.4. The number of esters is 4. The minimum atomic E-state index is -2.42. The molecular weight excluding hydrogens is 881 g/mol. The highest BCUT2D eigenvalue weighted by atomic mass is 28.4. The van der Waals surface area contributed by atoms with Crippen molar-refractivity contribution in [3.63, 3.8) is 0 Å². The predicted molar refractivity (Wildman–Crippen MR) is 262 cm³/mol. The summed E-state index contributed by atoms with van der Waals surface area (Å²) in [7, 11) is -2.42. The molecule has 0 aromatic heterocycles. The third kappa shape index (κ3) is 19.2. The van der Waals surface area contributed by atoms with Gasteiger partial charge in [0.05, 0.1) is 34.5 Å². The molecule has 1 saturated heterocycles. The lowest BCUT2D eigenvalue weighted by molar-refractivity contribution is -0.385. The Bertz CT molecular complexity index is 1990. The normalized spacial score (nSPS) is 13.7. The summed E-state index contributed by atoms with van der Waals surface area (Å²) in [4.78, 5) is 71.0. The summed E-state index contributed by atoms with van der Waals surface area (Å²) in [6, 6.07) is 8.32. The summed E-state index contributed by atoms with van der Waals surface area (Å²) in [6.45, 7) is 30.9. The minimum absolute atomic E-state index is 0.0130. The van der Waals surface area contributed by atoms with E-state index < -0.39 is 72.6 Å². The average molecular weight is 959 g/mol. The first-order valence-corrected chi connectivity index (χ1v) is 25.9. The van der Waals surface area contributed by atoms with Crippen LogP contribution in [-0.4, -0.2) is 112 Å². The van der Waals surface area contributed by atoms with Gasteiger partial charge in [-0.25, -0.2) is 0 Å². The highest BCUT2D eigenvalue weighted by Gasteiger charge is 2.38. The van der Waals surface area contributed by atoms with E-state index in [2.05, 4.69) is 25.7 Å². The topological polar surface area (TPSA) is 186 Å². The SMILES string of the molecule is CC(C)(C)OC(=O)CN(CC(=O)OC(C)(C)C)c1ccc(N2CCCC2)cc1OCCOc1cc([N+](=O)[O-])c(CO[Si](C)(C)C(C)(C)C)cc1N(CC(=O)OC(C)(C)C)CC(=O)OC(C)(C)C. The molecule has 0 atom stereocenters. The third-order valence-corrected chi connectivity index (χ3v) is 14.9. The van der Waals surface area contributed by atoms with Crippen LogP contribution < -0.4 is 24.2 Å². The molecule has 67 heavy (non-hydrogen) atoms. The summed E-state index contributed by atoms with van der Waals surface area (Å²) in [5, 5.41) is 12.5. The highest BCUT2D eigenvalue weighted by molar-refractivity contribution is 6.74. The van der Waals surface area contributed by atoms with E-state index in [0.717, 1.165) is 31.6 Å². The van der Waals surface area contributed by atoms with E-state index in [4.69, 9.17) is 32.8 Å². The Balaban J connectivity index is 2.15. The van der Waals surface area contributed by atoms with Gasteiger partial charge in [-0.05, 0) is 132 Å². The van der Waals surface area contributed by atoms with Crippen LogP contribution in [0.25, 0.3) is 0 Å². The van der Waals surface area contributed by atoms with E-state index in [9.17, 15) is 29.3 Å². The number of nitro benzene ring substituents is 1. The van der Waals surface area contributed by atoms with Crippen LogP contribution in [0.1, 0.15) is 122 Å². The van der Waals surface area contributed by atoms with Crippen molar-refractivity contribution in [1.29, 1.82) is 0 Å². The van der Waals surface area contributed by atoms with Gasteiger partial charge >= 0.3 is 23.9 Å². The largest absolute Gasteiger partial charge is 0.488 e. The number of anilines is 3. The van der Waals surface area contributed by atoms with Gasteiger partial charge in [-0.15, -0.1) is 0 Å². The van der Waals surface area contributed by atoms with E-state index in [0.29, 0.717) is 11.4 Å². The Morgan fingerprint density at radius 3 is 1.37 bits per heavy atom. The first kappa shape index (κ1) is 56.2. The number of carbonyl (C=O) groups is 4. The van der Waals surface area contributed by atoms with Gasteiger partial charge in [0, 0.05) is 24.8 Å². The Morgan fingerprint density at radius 2 is 1.00 bits per heavy atom. The molecule has 1 heterocycles. The summed E-state index contributed by atoms with van der Waals surface area (Å²) < 4.78 is 41.9. The Hall–Kier alpha value is -5.10. The van der Waals surface area contributed by atoms with Crippen LogP contribution in [0.3, 0.4) is 0 Å². The second-order valence-corrected chi connectivity index (χ2v) is 27.2. The van der Waals surface area contributed by atoms with E-state index >= 15 is 0 Å². The van der Waals surface area contributed by atoms with Crippen LogP contribution in [0.4, 0.5) is 22.7 Å². The molecule has 17 nitrogen and oxygen atoms in total. The highest BCUT2D eigenvalue weighted by Crippen LogP contribution is 2.41. The maximum absolute atomic E-state index is 13.5. The van der Waals surface area contributed by atoms with Gasteiger partial charge in [-0.3, -0.25) is 29.3 Å². The van der Waals surface area contributed by atoms with Crippen LogP contribution in [-0.2, 0) is 49.2 Å². The smallest absolute Gasteiger partial charge is 0.326 e. The first-order chi connectivity index (χ1) is 30.5. The van der Waals surface area contributed by atoms with Crippen molar-refractivity contribution in [2.24, 2.45) is 0 Å². The lowest BCUT2D eigenvalue weighted by atomic mass is 10.1. The van der Waals surface area contributed by atoms with Gasteiger partial charge in [0.15, 0.2) is 8.32 Å². The lowest BCUT2D eigenvalue weighted by Gasteiger charge is -2.36. The molecule has 0 aliphatic carbocycles. The lowest BCUT2D eigenvalue weighted by Crippen LogP contribution is -2.41. The van der Waals surface area contributed by atoms with Crippen LogP contribution in [0.15, 0.2) is 30.3 Å². The molecular formula is C49H78N4O13Si. The molecule has 0 amide bonds. The molecule has 18 heteroatoms. The number of ether oxygens (including phenoxy) is 6. The molecule has 2 aromatic carbocycles. The van der Waals surface area contributed by atoms with E-state index in [1.165, 1.54) is 17.0 Å². The number of carbonyl (C=O) groups excluding carboxylic acids is 4. The molecule has 2 aromatic rings. The summed E-state index contributed by atoms with van der Waals surface area (Å²) >= 11 is 0. The zero-order valence-electron chi connectivity index (χ0n) is 43.3. The molecule has 0 N–H and O–H groups in total. The summed E-state index contributed by atoms with van der Waals surface area (Å²) in [5.74, 6) is -2.12. The zero-order valence-corrected chi connectivity index (χ0v) is 44.3. The van der Waals surface area contributed by atoms with Gasteiger partial charge in [0.1, 0.15) is 73.3 Å². The number of hydrogen-bond acceptors (Lipinski definition) is 16. The Labute approximate surface area is 399 Å². The Kier molecular flexibility index (Phi) is 18.7. The summed E-state index contributed by atoms with van der Waals surface area (Å²) in [6.07, 6.45) is 2.04. The second kappa shape index (κ2) is 22.3. The molecule has 376 valence electrons. The standard InChI is InChI=1S/C49H78N4O13Si/c1-45(2,3)63-41(54)29-51(30-42(55)64-46(4,5)6)36-21-20-35(50-22-18-19-23-50)27-39(36)60-24-25-61-40-28-37(53(58)59)34(33-62-67(16,17)49(13,14)15)26-38(40)52(31-43(56)65-47(7,8)9)32-44(57)66-48(10,11)12/h20-21,26-28H,18-19,22-25,29-33H2,1-17H3. The fourth-order valence-corrected chi connectivity index (χ4v) is 7.60. The van der Waals surface area contributed by atoms with Crippen molar-refractivity contribution in [2.75, 3.05) is 67.2 Å². The monoisotopic (exact) mass is 959 g/mol. The average Bonchev–Trinajstić information content (AvgIpc) is 3.67. The van der Waals surface area contributed by atoms with E-state index in [-0.39, 0.29) is 60.6 Å². The number of benzene rings is 2. The van der Waals surface area contributed by atoms with Gasteiger partial charge in [0.2, 0.25) is 0 Å². The van der Waals surface area contributed by atoms with Crippen molar-refractivity contribution in [1.82, 2.24) is 0 Å². The maximum Gasteiger partial charge on any atom is 0.326 e. The second-order valence-electron chi connectivity index (χ2n) is 22.4. The molecule has 3 rings (SSSR count). The molecule has 0 radical (unpaired) electrons. The van der Waals surface area contributed by atoms with Crippen LogP contribution in [0, 0.1) is 10.1 Å². The van der Waals surface area contributed by atoms with Gasteiger partial charge in [0.25, 0.3) is 5.69 Å². The number of nitrogens with zero attached hydrogens (tertiary/aromatic N) is 4. The fraction of sp³-hybridized carbons (Fsp3) is 0.673. The zero-order chi connectivity index (χ0) is 50.9. The van der Waals surface area contributed by atoms with Crippen molar-refractivity contribution in [2.45, 2.75) is 164 Å². The van der Waals surface area contributed by atoms with Gasteiger partial charge in [-0.2, -0.15) is 0 Å². The van der Waals surface area contributed by atoms with Gasteiger partial charge in [-0.1, -0.05) is 20.8 Å². The number of hydrogen-bond donors (Lipinski definition) is 0. The minimum Gasteiger partial charge on any atom is -0.488 e. The van der Waals surface area contributed by atoms with Crippen molar-refractivity contribution >= 4 is 54.9 Å². The van der Waals surface area contributed by atoms with Crippen LogP contribution >= 0.6 is 0 Å². The van der Waals surface area contributed by atoms with E-state index in [1.54, 1.807) is 94.1 Å². The molecule has 0 saturated carbocycles.